The lowest BCUT2D eigenvalue weighted by molar-refractivity contribution is 0.0912. The second kappa shape index (κ2) is 6.84. The second-order valence-corrected chi connectivity index (χ2v) is 7.95. The van der Waals surface area contributed by atoms with Gasteiger partial charge in [-0.2, -0.15) is 0 Å². The Kier molecular flexibility index (Phi) is 4.56. The van der Waals surface area contributed by atoms with Crippen LogP contribution in [0.15, 0.2) is 24.3 Å². The van der Waals surface area contributed by atoms with Crippen LogP contribution in [0.25, 0.3) is 0 Å². The van der Waals surface area contributed by atoms with E-state index in [1.165, 1.54) is 23.5 Å². The number of amides is 1. The normalized spacial score (nSPS) is 25.6. The number of carbonyl (C=O) groups excluding carboxylic acids is 1. The number of rotatable bonds is 4. The molecule has 4 rings (SSSR count). The smallest absolute Gasteiger partial charge is 0.263 e. The van der Waals surface area contributed by atoms with Gasteiger partial charge in [0.1, 0.15) is 10.7 Å². The van der Waals surface area contributed by atoms with Crippen molar-refractivity contribution in [3.8, 4) is 0 Å². The van der Waals surface area contributed by atoms with Crippen molar-refractivity contribution in [2.75, 3.05) is 13.2 Å². The molecule has 1 unspecified atom stereocenters. The minimum Gasteiger partial charge on any atom is -0.381 e. The molecule has 0 radical (unpaired) electrons. The van der Waals surface area contributed by atoms with E-state index in [-0.39, 0.29) is 17.8 Å². The summed E-state index contributed by atoms with van der Waals surface area (Å²) in [5.74, 6) is 0.497. The summed E-state index contributed by atoms with van der Waals surface area (Å²) in [4.78, 5) is 17.9. The molecule has 2 fully saturated rings. The van der Waals surface area contributed by atoms with Crippen molar-refractivity contribution < 1.29 is 13.9 Å². The van der Waals surface area contributed by atoms with E-state index in [0.717, 1.165) is 42.1 Å². The molecule has 4 nitrogen and oxygen atoms in total. The third-order valence-electron chi connectivity index (χ3n) is 5.11. The molecule has 1 saturated heterocycles. The van der Waals surface area contributed by atoms with Crippen LogP contribution in [0.3, 0.4) is 0 Å². The summed E-state index contributed by atoms with van der Waals surface area (Å²) in [6.45, 7) is 3.38. The zero-order valence-electron chi connectivity index (χ0n) is 14.1. The summed E-state index contributed by atoms with van der Waals surface area (Å²) in [5.41, 5.74) is 1.95. The molecule has 2 heterocycles. The van der Waals surface area contributed by atoms with Crippen molar-refractivity contribution in [1.82, 2.24) is 10.3 Å². The lowest BCUT2D eigenvalue weighted by atomic mass is 9.76. The number of carbonyl (C=O) groups is 1. The number of nitrogens with zero attached hydrogens (tertiary/aromatic N) is 1. The van der Waals surface area contributed by atoms with Crippen molar-refractivity contribution in [2.24, 2.45) is 0 Å². The lowest BCUT2D eigenvalue weighted by Gasteiger charge is -2.36. The van der Waals surface area contributed by atoms with Gasteiger partial charge < -0.3 is 10.1 Å². The summed E-state index contributed by atoms with van der Waals surface area (Å²) in [6.07, 6.45) is 2.78. The second-order valence-electron chi connectivity index (χ2n) is 6.92. The summed E-state index contributed by atoms with van der Waals surface area (Å²) >= 11 is 1.50. The van der Waals surface area contributed by atoms with Crippen LogP contribution < -0.4 is 5.32 Å². The summed E-state index contributed by atoms with van der Waals surface area (Å²) in [6, 6.07) is 6.84. The number of hydrogen-bond donors (Lipinski definition) is 1. The average molecular weight is 360 g/mol. The highest BCUT2D eigenvalue weighted by molar-refractivity contribution is 7.13. The van der Waals surface area contributed by atoms with Crippen molar-refractivity contribution in [2.45, 2.75) is 44.1 Å². The highest BCUT2D eigenvalue weighted by atomic mass is 32.1. The van der Waals surface area contributed by atoms with Gasteiger partial charge in [-0.05, 0) is 49.8 Å². The Labute approximate surface area is 150 Å². The Morgan fingerprint density at radius 3 is 2.72 bits per heavy atom. The number of halogens is 1. The largest absolute Gasteiger partial charge is 0.381 e. The Hall–Kier alpha value is -1.79. The van der Waals surface area contributed by atoms with E-state index in [2.05, 4.69) is 10.3 Å². The number of aromatic nitrogens is 1. The standard InChI is InChI=1S/C19H21FN2O2S/c1-11-17(25-19(21-11)13-6-7-24-10-13)18(23)22-16-8-14(9-16)12-2-4-15(20)5-3-12/h2-5,13-14,16H,6-10H2,1H3,(H,22,23). The van der Waals surface area contributed by atoms with Gasteiger partial charge in [0.05, 0.1) is 17.3 Å². The van der Waals surface area contributed by atoms with Crippen LogP contribution in [0.4, 0.5) is 4.39 Å². The molecule has 2 aromatic rings. The van der Waals surface area contributed by atoms with E-state index in [1.807, 2.05) is 19.1 Å². The molecule has 1 amide bonds. The first-order valence-corrected chi connectivity index (χ1v) is 9.53. The SMILES string of the molecule is Cc1nc(C2CCOC2)sc1C(=O)NC1CC(c2ccc(F)cc2)C1. The molecule has 0 bridgehead atoms. The van der Waals surface area contributed by atoms with Gasteiger partial charge in [-0.15, -0.1) is 11.3 Å². The van der Waals surface area contributed by atoms with E-state index < -0.39 is 0 Å². The Balaban J connectivity index is 1.34. The molecule has 1 aromatic heterocycles. The van der Waals surface area contributed by atoms with Crippen molar-refractivity contribution in [3.05, 3.63) is 51.2 Å². The number of benzene rings is 1. The maximum Gasteiger partial charge on any atom is 0.263 e. The van der Waals surface area contributed by atoms with Crippen LogP contribution in [0.2, 0.25) is 0 Å². The number of hydrogen-bond acceptors (Lipinski definition) is 4. The molecule has 1 aliphatic carbocycles. The molecule has 1 saturated carbocycles. The van der Waals surface area contributed by atoms with Crippen LogP contribution >= 0.6 is 11.3 Å². The molecular formula is C19H21FN2O2S. The predicted octanol–water partition coefficient (Wildman–Crippen LogP) is 3.77. The third-order valence-corrected chi connectivity index (χ3v) is 6.43. The Morgan fingerprint density at radius 2 is 2.04 bits per heavy atom. The van der Waals surface area contributed by atoms with E-state index >= 15 is 0 Å². The van der Waals surface area contributed by atoms with E-state index in [0.29, 0.717) is 23.3 Å². The molecule has 6 heteroatoms. The lowest BCUT2D eigenvalue weighted by Crippen LogP contribution is -2.43. The molecule has 0 spiro atoms. The van der Waals surface area contributed by atoms with Gasteiger partial charge in [-0.25, -0.2) is 9.37 Å². The molecule has 1 aromatic carbocycles. The van der Waals surface area contributed by atoms with Gasteiger partial charge >= 0.3 is 0 Å². The predicted molar refractivity (Wildman–Crippen MR) is 94.7 cm³/mol. The Morgan fingerprint density at radius 1 is 1.28 bits per heavy atom. The molecule has 132 valence electrons. The first-order valence-electron chi connectivity index (χ1n) is 8.71. The van der Waals surface area contributed by atoms with Crippen LogP contribution in [0, 0.1) is 12.7 Å². The number of ether oxygens (including phenoxy) is 1. The first kappa shape index (κ1) is 16.7. The number of thiazole rings is 1. The highest BCUT2D eigenvalue weighted by Crippen LogP contribution is 2.37. The molecule has 1 N–H and O–H groups in total. The number of aryl methyl sites for hydroxylation is 1. The minimum absolute atomic E-state index is 0.0253. The summed E-state index contributed by atoms with van der Waals surface area (Å²) in [7, 11) is 0. The summed E-state index contributed by atoms with van der Waals surface area (Å²) in [5, 5.41) is 4.13. The molecule has 2 aliphatic rings. The van der Waals surface area contributed by atoms with Gasteiger partial charge in [-0.1, -0.05) is 12.1 Å². The van der Waals surface area contributed by atoms with Crippen LogP contribution in [-0.2, 0) is 4.74 Å². The van der Waals surface area contributed by atoms with Crippen LogP contribution in [0.5, 0.6) is 0 Å². The fourth-order valence-electron chi connectivity index (χ4n) is 3.53. The first-order chi connectivity index (χ1) is 12.1. The van der Waals surface area contributed by atoms with Gasteiger partial charge in [-0.3, -0.25) is 4.79 Å². The maximum absolute atomic E-state index is 13.0. The van der Waals surface area contributed by atoms with Crippen LogP contribution in [-0.4, -0.2) is 30.1 Å². The van der Waals surface area contributed by atoms with Crippen molar-refractivity contribution >= 4 is 17.2 Å². The van der Waals surface area contributed by atoms with Gasteiger partial charge in [0.2, 0.25) is 0 Å². The fourth-order valence-corrected chi connectivity index (χ4v) is 4.61. The zero-order valence-corrected chi connectivity index (χ0v) is 14.9. The quantitative estimate of drug-likeness (QED) is 0.903. The summed E-state index contributed by atoms with van der Waals surface area (Å²) < 4.78 is 18.4. The van der Waals surface area contributed by atoms with E-state index in [1.54, 1.807) is 0 Å². The van der Waals surface area contributed by atoms with Crippen molar-refractivity contribution in [3.63, 3.8) is 0 Å². The van der Waals surface area contributed by atoms with E-state index in [4.69, 9.17) is 4.74 Å². The Bertz CT molecular complexity index is 762. The average Bonchev–Trinajstić information content (AvgIpc) is 3.21. The zero-order chi connectivity index (χ0) is 17.4. The van der Waals surface area contributed by atoms with Gasteiger partial charge in [0, 0.05) is 18.6 Å². The van der Waals surface area contributed by atoms with E-state index in [9.17, 15) is 9.18 Å². The number of nitrogens with one attached hydrogen (secondary N) is 1. The molecular weight excluding hydrogens is 339 g/mol. The molecule has 1 atom stereocenters. The van der Waals surface area contributed by atoms with Crippen molar-refractivity contribution in [1.29, 1.82) is 0 Å². The third kappa shape index (κ3) is 3.46. The molecule has 1 aliphatic heterocycles. The topological polar surface area (TPSA) is 51.2 Å². The maximum atomic E-state index is 13.0. The highest BCUT2D eigenvalue weighted by Gasteiger charge is 2.32. The minimum atomic E-state index is -0.211. The molecule has 25 heavy (non-hydrogen) atoms. The van der Waals surface area contributed by atoms with Gasteiger partial charge in [0.25, 0.3) is 5.91 Å². The van der Waals surface area contributed by atoms with Gasteiger partial charge in [0.15, 0.2) is 0 Å². The monoisotopic (exact) mass is 360 g/mol. The van der Waals surface area contributed by atoms with Crippen LogP contribution in [0.1, 0.15) is 57.0 Å². The fraction of sp³-hybridized carbons (Fsp3) is 0.474.